The van der Waals surface area contributed by atoms with Crippen LogP contribution in [0.15, 0.2) is 24.3 Å². The molecule has 112 valence electrons. The molecule has 1 heterocycles. The molecule has 3 nitrogen and oxygen atoms in total. The van der Waals surface area contributed by atoms with Gasteiger partial charge < -0.3 is 10.1 Å². The van der Waals surface area contributed by atoms with Crippen molar-refractivity contribution in [1.82, 2.24) is 10.2 Å². The summed E-state index contributed by atoms with van der Waals surface area (Å²) < 4.78 is 5.52. The van der Waals surface area contributed by atoms with Crippen molar-refractivity contribution in [3.63, 3.8) is 0 Å². The van der Waals surface area contributed by atoms with Crippen LogP contribution >= 0.6 is 0 Å². The topological polar surface area (TPSA) is 24.5 Å². The molecule has 1 aromatic rings. The van der Waals surface area contributed by atoms with Crippen LogP contribution in [-0.4, -0.2) is 37.2 Å². The standard InChI is InChI=1S/C17H28N2O/c1-14(2)10-18-11-16-6-4-5-7-17(16)12-19-8-9-20-13-15(19)3/h4-7,14-15,18H,8-13H2,1-3H3. The second-order valence-corrected chi connectivity index (χ2v) is 6.19. The second kappa shape index (κ2) is 7.77. The molecule has 0 spiro atoms. The maximum absolute atomic E-state index is 5.52. The summed E-state index contributed by atoms with van der Waals surface area (Å²) in [6.45, 7) is 12.6. The van der Waals surface area contributed by atoms with Crippen LogP contribution in [0, 0.1) is 5.92 Å². The van der Waals surface area contributed by atoms with Crippen molar-refractivity contribution in [2.24, 2.45) is 5.92 Å². The molecule has 1 aliphatic heterocycles. The second-order valence-electron chi connectivity index (χ2n) is 6.19. The number of benzene rings is 1. The molecule has 20 heavy (non-hydrogen) atoms. The third kappa shape index (κ3) is 4.58. The lowest BCUT2D eigenvalue weighted by atomic mass is 10.1. The third-order valence-corrected chi connectivity index (χ3v) is 3.87. The van der Waals surface area contributed by atoms with Crippen LogP contribution in [0.3, 0.4) is 0 Å². The molecule has 0 amide bonds. The number of rotatable bonds is 6. The molecule has 1 saturated heterocycles. The van der Waals surface area contributed by atoms with Gasteiger partial charge in [0.25, 0.3) is 0 Å². The van der Waals surface area contributed by atoms with E-state index in [1.54, 1.807) is 0 Å². The lowest BCUT2D eigenvalue weighted by Gasteiger charge is -2.33. The van der Waals surface area contributed by atoms with Gasteiger partial charge >= 0.3 is 0 Å². The summed E-state index contributed by atoms with van der Waals surface area (Å²) in [5, 5.41) is 3.55. The van der Waals surface area contributed by atoms with Gasteiger partial charge in [0.1, 0.15) is 0 Å². The minimum absolute atomic E-state index is 0.514. The minimum Gasteiger partial charge on any atom is -0.379 e. The Bertz CT molecular complexity index is 406. The zero-order valence-electron chi connectivity index (χ0n) is 13.1. The lowest BCUT2D eigenvalue weighted by Crippen LogP contribution is -2.43. The number of nitrogens with zero attached hydrogens (tertiary/aromatic N) is 1. The third-order valence-electron chi connectivity index (χ3n) is 3.87. The molecule has 1 fully saturated rings. The molecular formula is C17H28N2O. The Balaban J connectivity index is 1.96. The molecule has 1 atom stereocenters. The fourth-order valence-electron chi connectivity index (χ4n) is 2.59. The van der Waals surface area contributed by atoms with Gasteiger partial charge in [0.2, 0.25) is 0 Å². The first-order chi connectivity index (χ1) is 9.66. The summed E-state index contributed by atoms with van der Waals surface area (Å²) >= 11 is 0. The molecule has 0 aliphatic carbocycles. The fourth-order valence-corrected chi connectivity index (χ4v) is 2.59. The van der Waals surface area contributed by atoms with Crippen molar-refractivity contribution in [2.75, 3.05) is 26.3 Å². The SMILES string of the molecule is CC(C)CNCc1ccccc1CN1CCOCC1C. The van der Waals surface area contributed by atoms with Crippen molar-refractivity contribution in [3.8, 4) is 0 Å². The highest BCUT2D eigenvalue weighted by Crippen LogP contribution is 2.15. The van der Waals surface area contributed by atoms with Crippen molar-refractivity contribution in [2.45, 2.75) is 39.9 Å². The average Bonchev–Trinajstić information content (AvgIpc) is 2.43. The van der Waals surface area contributed by atoms with E-state index in [9.17, 15) is 0 Å². The van der Waals surface area contributed by atoms with E-state index in [-0.39, 0.29) is 0 Å². The largest absolute Gasteiger partial charge is 0.379 e. The van der Waals surface area contributed by atoms with Crippen LogP contribution in [0.2, 0.25) is 0 Å². The maximum Gasteiger partial charge on any atom is 0.0619 e. The molecular weight excluding hydrogens is 248 g/mol. The van der Waals surface area contributed by atoms with E-state index >= 15 is 0 Å². The smallest absolute Gasteiger partial charge is 0.0619 e. The number of nitrogens with one attached hydrogen (secondary N) is 1. The predicted octanol–water partition coefficient (Wildman–Crippen LogP) is 2.65. The van der Waals surface area contributed by atoms with Crippen LogP contribution in [0.4, 0.5) is 0 Å². The van der Waals surface area contributed by atoms with Gasteiger partial charge in [-0.1, -0.05) is 38.1 Å². The van der Waals surface area contributed by atoms with Gasteiger partial charge in [-0.05, 0) is 30.5 Å². The first kappa shape index (κ1) is 15.5. The molecule has 2 rings (SSSR count). The quantitative estimate of drug-likeness (QED) is 0.864. The van der Waals surface area contributed by atoms with E-state index in [4.69, 9.17) is 4.74 Å². The molecule has 3 heteroatoms. The maximum atomic E-state index is 5.52. The summed E-state index contributed by atoms with van der Waals surface area (Å²) in [6, 6.07) is 9.30. The molecule has 1 N–H and O–H groups in total. The van der Waals surface area contributed by atoms with E-state index in [0.29, 0.717) is 12.0 Å². The molecule has 1 aliphatic rings. The van der Waals surface area contributed by atoms with Crippen molar-refractivity contribution in [3.05, 3.63) is 35.4 Å². The van der Waals surface area contributed by atoms with Gasteiger partial charge in [-0.3, -0.25) is 4.90 Å². The Labute approximate surface area is 123 Å². The molecule has 1 unspecified atom stereocenters. The average molecular weight is 276 g/mol. The van der Waals surface area contributed by atoms with Gasteiger partial charge in [0.05, 0.1) is 13.2 Å². The number of ether oxygens (including phenoxy) is 1. The van der Waals surface area contributed by atoms with Gasteiger partial charge in [-0.15, -0.1) is 0 Å². The van der Waals surface area contributed by atoms with E-state index in [0.717, 1.165) is 39.4 Å². The van der Waals surface area contributed by atoms with Crippen LogP contribution < -0.4 is 5.32 Å². The van der Waals surface area contributed by atoms with E-state index < -0.39 is 0 Å². The van der Waals surface area contributed by atoms with E-state index in [2.05, 4.69) is 55.3 Å². The fraction of sp³-hybridized carbons (Fsp3) is 0.647. The normalized spacial score (nSPS) is 20.5. The summed E-state index contributed by atoms with van der Waals surface area (Å²) in [5.74, 6) is 0.696. The molecule has 0 radical (unpaired) electrons. The lowest BCUT2D eigenvalue weighted by molar-refractivity contribution is -0.00448. The van der Waals surface area contributed by atoms with Crippen molar-refractivity contribution < 1.29 is 4.74 Å². The van der Waals surface area contributed by atoms with Crippen molar-refractivity contribution >= 4 is 0 Å². The monoisotopic (exact) mass is 276 g/mol. The Morgan fingerprint density at radius 2 is 2.05 bits per heavy atom. The summed E-state index contributed by atoms with van der Waals surface area (Å²) in [4.78, 5) is 2.52. The van der Waals surface area contributed by atoms with Crippen molar-refractivity contribution in [1.29, 1.82) is 0 Å². The van der Waals surface area contributed by atoms with E-state index in [1.165, 1.54) is 11.1 Å². The van der Waals surface area contributed by atoms with Crippen LogP contribution in [0.25, 0.3) is 0 Å². The summed E-state index contributed by atoms with van der Waals surface area (Å²) in [6.07, 6.45) is 0. The summed E-state index contributed by atoms with van der Waals surface area (Å²) in [5.41, 5.74) is 2.87. The number of morpholine rings is 1. The van der Waals surface area contributed by atoms with Gasteiger partial charge in [0.15, 0.2) is 0 Å². The molecule has 0 saturated carbocycles. The zero-order chi connectivity index (χ0) is 14.4. The molecule has 0 aromatic heterocycles. The van der Waals surface area contributed by atoms with Gasteiger partial charge in [-0.2, -0.15) is 0 Å². The highest BCUT2D eigenvalue weighted by Gasteiger charge is 2.19. The number of hydrogen-bond acceptors (Lipinski definition) is 3. The van der Waals surface area contributed by atoms with Crippen LogP contribution in [0.5, 0.6) is 0 Å². The van der Waals surface area contributed by atoms with Crippen LogP contribution in [-0.2, 0) is 17.8 Å². The van der Waals surface area contributed by atoms with E-state index in [1.807, 2.05) is 0 Å². The predicted molar refractivity (Wildman–Crippen MR) is 83.7 cm³/mol. The van der Waals surface area contributed by atoms with Gasteiger partial charge in [-0.25, -0.2) is 0 Å². The summed E-state index contributed by atoms with van der Waals surface area (Å²) in [7, 11) is 0. The molecule has 0 bridgehead atoms. The first-order valence-corrected chi connectivity index (χ1v) is 7.76. The Morgan fingerprint density at radius 1 is 1.30 bits per heavy atom. The highest BCUT2D eigenvalue weighted by atomic mass is 16.5. The Kier molecular flexibility index (Phi) is 6.02. The highest BCUT2D eigenvalue weighted by molar-refractivity contribution is 5.27. The van der Waals surface area contributed by atoms with Crippen LogP contribution in [0.1, 0.15) is 31.9 Å². The van der Waals surface area contributed by atoms with Gasteiger partial charge in [0, 0.05) is 25.7 Å². The Morgan fingerprint density at radius 3 is 2.75 bits per heavy atom. The zero-order valence-corrected chi connectivity index (χ0v) is 13.1. The minimum atomic E-state index is 0.514. The molecule has 1 aromatic carbocycles. The first-order valence-electron chi connectivity index (χ1n) is 7.76. The number of hydrogen-bond donors (Lipinski definition) is 1. The Hall–Kier alpha value is -0.900.